The number of fused-ring (bicyclic) bond motifs is 1. The molecule has 1 saturated heterocycles. The van der Waals surface area contributed by atoms with Gasteiger partial charge in [0, 0.05) is 31.3 Å². The summed E-state index contributed by atoms with van der Waals surface area (Å²) < 4.78 is 23.7. The van der Waals surface area contributed by atoms with Gasteiger partial charge in [0.1, 0.15) is 19.0 Å². The Hall–Kier alpha value is -2.24. The van der Waals surface area contributed by atoms with Crippen LogP contribution in [0.5, 0.6) is 17.2 Å². The maximum absolute atomic E-state index is 6.53. The molecule has 2 atom stereocenters. The van der Waals surface area contributed by atoms with Gasteiger partial charge in [-0.15, -0.1) is 0 Å². The van der Waals surface area contributed by atoms with Crippen LogP contribution in [0.1, 0.15) is 38.0 Å². The third-order valence-corrected chi connectivity index (χ3v) is 5.65. The molecule has 2 aromatic rings. The molecule has 4 rings (SSSR count). The second-order valence-corrected chi connectivity index (χ2v) is 8.89. The Labute approximate surface area is 173 Å². The molecule has 2 aliphatic rings. The summed E-state index contributed by atoms with van der Waals surface area (Å²) in [7, 11) is 1.71. The Morgan fingerprint density at radius 1 is 1.00 bits per heavy atom. The van der Waals surface area contributed by atoms with Crippen LogP contribution >= 0.6 is 0 Å². The van der Waals surface area contributed by atoms with Crippen molar-refractivity contribution in [3.63, 3.8) is 0 Å². The van der Waals surface area contributed by atoms with Gasteiger partial charge in [0.05, 0.1) is 19.3 Å². The minimum absolute atomic E-state index is 0.0531. The number of morpholine rings is 1. The van der Waals surface area contributed by atoms with Gasteiger partial charge < -0.3 is 18.9 Å². The molecule has 1 fully saturated rings. The van der Waals surface area contributed by atoms with Crippen LogP contribution in [0, 0.1) is 5.41 Å². The predicted molar refractivity (Wildman–Crippen MR) is 113 cm³/mol. The second kappa shape index (κ2) is 8.25. The lowest BCUT2D eigenvalue weighted by molar-refractivity contribution is -0.131. The van der Waals surface area contributed by atoms with E-state index in [9.17, 15) is 0 Å². The molecular weight excluding hydrogens is 366 g/mol. The average molecular weight is 398 g/mol. The van der Waals surface area contributed by atoms with Crippen molar-refractivity contribution < 1.29 is 18.9 Å². The van der Waals surface area contributed by atoms with Gasteiger partial charge in [0.25, 0.3) is 0 Å². The van der Waals surface area contributed by atoms with Crippen molar-refractivity contribution in [2.45, 2.75) is 39.5 Å². The molecular formula is C24H31NO4. The van der Waals surface area contributed by atoms with Crippen molar-refractivity contribution in [2.24, 2.45) is 5.41 Å². The van der Waals surface area contributed by atoms with E-state index in [4.69, 9.17) is 18.9 Å². The molecule has 0 bridgehead atoms. The van der Waals surface area contributed by atoms with Crippen molar-refractivity contribution >= 4 is 0 Å². The largest absolute Gasteiger partial charge is 0.496 e. The van der Waals surface area contributed by atoms with Crippen molar-refractivity contribution in [3.05, 3.63) is 53.6 Å². The Balaban J connectivity index is 1.60. The van der Waals surface area contributed by atoms with Crippen molar-refractivity contribution in [2.75, 3.05) is 33.4 Å². The van der Waals surface area contributed by atoms with Crippen molar-refractivity contribution in [1.29, 1.82) is 0 Å². The summed E-state index contributed by atoms with van der Waals surface area (Å²) in [6.45, 7) is 10.4. The van der Waals surface area contributed by atoms with Crippen LogP contribution < -0.4 is 14.2 Å². The third kappa shape index (κ3) is 4.51. The monoisotopic (exact) mass is 397 g/mol. The predicted octanol–water partition coefficient (Wildman–Crippen LogP) is 4.45. The van der Waals surface area contributed by atoms with Gasteiger partial charge in [-0.05, 0) is 17.0 Å². The molecule has 2 heterocycles. The summed E-state index contributed by atoms with van der Waals surface area (Å²) in [6, 6.07) is 14.5. The Kier molecular flexibility index (Phi) is 5.70. The first-order chi connectivity index (χ1) is 13.9. The van der Waals surface area contributed by atoms with Crippen LogP contribution in [0.15, 0.2) is 42.5 Å². The molecule has 5 nitrogen and oxygen atoms in total. The summed E-state index contributed by atoms with van der Waals surface area (Å²) in [5.74, 6) is 2.39. The normalized spacial score (nSPS) is 22.3. The highest BCUT2D eigenvalue weighted by Crippen LogP contribution is 2.39. The van der Waals surface area contributed by atoms with Gasteiger partial charge in [-0.3, -0.25) is 4.90 Å². The van der Waals surface area contributed by atoms with Gasteiger partial charge in [0.15, 0.2) is 11.5 Å². The molecule has 0 unspecified atom stereocenters. The summed E-state index contributed by atoms with van der Waals surface area (Å²) in [5, 5.41) is 0. The number of hydrogen-bond donors (Lipinski definition) is 0. The Morgan fingerprint density at radius 3 is 2.34 bits per heavy atom. The Bertz CT molecular complexity index is 831. The standard InChI is InChI=1S/C24H31NO4/c1-24(2,3)23-16-25(15-22(29-23)17-8-6-5-7-9-17)14-18-12-20-21(13-19(18)26-4)28-11-10-27-20/h5-9,12-13,22-23H,10-11,14-16H2,1-4H3/t22-,23+/m0/s1. The van der Waals surface area contributed by atoms with E-state index in [-0.39, 0.29) is 17.6 Å². The molecule has 5 heteroatoms. The number of hydrogen-bond acceptors (Lipinski definition) is 5. The van der Waals surface area contributed by atoms with E-state index < -0.39 is 0 Å². The zero-order chi connectivity index (χ0) is 20.4. The molecule has 0 amide bonds. The van der Waals surface area contributed by atoms with Crippen LogP contribution in [0.2, 0.25) is 0 Å². The van der Waals surface area contributed by atoms with Gasteiger partial charge in [-0.1, -0.05) is 51.1 Å². The quantitative estimate of drug-likeness (QED) is 0.762. The first-order valence-corrected chi connectivity index (χ1v) is 10.3. The number of methoxy groups -OCH3 is 1. The van der Waals surface area contributed by atoms with E-state index in [1.54, 1.807) is 7.11 Å². The summed E-state index contributed by atoms with van der Waals surface area (Å²) in [5.41, 5.74) is 2.39. The van der Waals surface area contributed by atoms with Gasteiger partial charge in [-0.2, -0.15) is 0 Å². The number of rotatable bonds is 4. The summed E-state index contributed by atoms with van der Waals surface area (Å²) in [4.78, 5) is 2.46. The van der Waals surface area contributed by atoms with E-state index in [2.05, 4.69) is 56.0 Å². The zero-order valence-corrected chi connectivity index (χ0v) is 17.8. The van der Waals surface area contributed by atoms with E-state index >= 15 is 0 Å². The lowest BCUT2D eigenvalue weighted by Crippen LogP contribution is -2.48. The fourth-order valence-electron chi connectivity index (χ4n) is 3.95. The summed E-state index contributed by atoms with van der Waals surface area (Å²) in [6.07, 6.45) is 0.196. The number of ether oxygens (including phenoxy) is 4. The van der Waals surface area contributed by atoms with Crippen LogP contribution in [0.4, 0.5) is 0 Å². The van der Waals surface area contributed by atoms with E-state index in [1.807, 2.05) is 12.1 Å². The van der Waals surface area contributed by atoms with Crippen LogP contribution in [-0.4, -0.2) is 44.4 Å². The minimum atomic E-state index is 0.0531. The van der Waals surface area contributed by atoms with Crippen molar-refractivity contribution in [1.82, 2.24) is 4.90 Å². The smallest absolute Gasteiger partial charge is 0.165 e. The van der Waals surface area contributed by atoms with Gasteiger partial charge in [-0.25, -0.2) is 0 Å². The minimum Gasteiger partial charge on any atom is -0.496 e. The van der Waals surface area contributed by atoms with Gasteiger partial charge >= 0.3 is 0 Å². The average Bonchev–Trinajstić information content (AvgIpc) is 2.73. The maximum Gasteiger partial charge on any atom is 0.165 e. The fraction of sp³-hybridized carbons (Fsp3) is 0.500. The molecule has 0 spiro atoms. The number of benzene rings is 2. The molecule has 2 aromatic carbocycles. The van der Waals surface area contributed by atoms with E-state index in [0.717, 1.165) is 42.4 Å². The highest BCUT2D eigenvalue weighted by molar-refractivity contribution is 5.51. The van der Waals surface area contributed by atoms with Crippen molar-refractivity contribution in [3.8, 4) is 17.2 Å². The molecule has 2 aliphatic heterocycles. The zero-order valence-electron chi connectivity index (χ0n) is 17.8. The van der Waals surface area contributed by atoms with Gasteiger partial charge in [0.2, 0.25) is 0 Å². The lowest BCUT2D eigenvalue weighted by Gasteiger charge is -2.43. The summed E-state index contributed by atoms with van der Waals surface area (Å²) >= 11 is 0. The van der Waals surface area contributed by atoms with Crippen LogP contribution in [0.3, 0.4) is 0 Å². The molecule has 29 heavy (non-hydrogen) atoms. The number of nitrogens with zero attached hydrogens (tertiary/aromatic N) is 1. The van der Waals surface area contributed by atoms with Crippen LogP contribution in [0.25, 0.3) is 0 Å². The second-order valence-electron chi connectivity index (χ2n) is 8.89. The fourth-order valence-corrected chi connectivity index (χ4v) is 3.95. The van der Waals surface area contributed by atoms with E-state index in [1.165, 1.54) is 5.56 Å². The molecule has 0 N–H and O–H groups in total. The SMILES string of the molecule is COc1cc2c(cc1CN1C[C@@H](c3ccccc3)O[C@@H](C(C)(C)C)C1)OCCO2. The molecule has 0 radical (unpaired) electrons. The Morgan fingerprint density at radius 2 is 1.69 bits per heavy atom. The molecule has 156 valence electrons. The highest BCUT2D eigenvalue weighted by Gasteiger charge is 2.36. The van der Waals surface area contributed by atoms with Crippen LogP contribution in [-0.2, 0) is 11.3 Å². The molecule has 0 saturated carbocycles. The first kappa shape index (κ1) is 20.0. The maximum atomic E-state index is 6.53. The molecule has 0 aliphatic carbocycles. The lowest BCUT2D eigenvalue weighted by atomic mass is 9.87. The third-order valence-electron chi connectivity index (χ3n) is 5.65. The first-order valence-electron chi connectivity index (χ1n) is 10.3. The topological polar surface area (TPSA) is 40.2 Å². The van der Waals surface area contributed by atoms with E-state index in [0.29, 0.717) is 13.2 Å². The highest BCUT2D eigenvalue weighted by atomic mass is 16.6. The molecule has 0 aromatic heterocycles.